The van der Waals surface area contributed by atoms with Gasteiger partial charge in [-0.1, -0.05) is 41.9 Å². The molecule has 2 atom stereocenters. The lowest BCUT2D eigenvalue weighted by molar-refractivity contribution is -0.122. The van der Waals surface area contributed by atoms with Crippen molar-refractivity contribution in [3.05, 3.63) is 117 Å². The summed E-state index contributed by atoms with van der Waals surface area (Å²) in [4.78, 5) is 17.3. The second-order valence-corrected chi connectivity index (χ2v) is 15.4. The number of hydrogen-bond acceptors (Lipinski definition) is 7. The SMILES string of the molecule is [C-]#[N+]c1cc(C#N)cc(COc2cc(O[C@H]3CCc4c(-c5cccc(OCCCN6CC(C)(F)C6)c5C)cccc43)c(Cl)cc2CN[C@H]2CCC(=O)NC2)c1. The van der Waals surface area contributed by atoms with Crippen LogP contribution in [0.4, 0.5) is 10.1 Å². The van der Waals surface area contributed by atoms with Crippen molar-refractivity contribution in [3.8, 4) is 34.4 Å². The summed E-state index contributed by atoms with van der Waals surface area (Å²) in [7, 11) is 0. The predicted molar refractivity (Wildman–Crippen MR) is 210 cm³/mol. The van der Waals surface area contributed by atoms with Crippen molar-refractivity contribution in [3.63, 3.8) is 0 Å². The van der Waals surface area contributed by atoms with E-state index in [2.05, 4.69) is 57.6 Å². The number of nitrogens with zero attached hydrogens (tertiary/aromatic N) is 3. The van der Waals surface area contributed by atoms with Crippen molar-refractivity contribution < 1.29 is 23.4 Å². The third-order valence-corrected chi connectivity index (χ3v) is 10.9. The largest absolute Gasteiger partial charge is 0.493 e. The molecule has 4 aromatic carbocycles. The van der Waals surface area contributed by atoms with Gasteiger partial charge in [-0.05, 0) is 103 Å². The third kappa shape index (κ3) is 9.06. The summed E-state index contributed by atoms with van der Waals surface area (Å²) in [5.41, 5.74) is 6.94. The molecule has 11 heteroatoms. The van der Waals surface area contributed by atoms with Crippen LogP contribution in [0.15, 0.2) is 66.7 Å². The molecule has 55 heavy (non-hydrogen) atoms. The molecule has 3 aliphatic rings. The summed E-state index contributed by atoms with van der Waals surface area (Å²) < 4.78 is 33.2. The first kappa shape index (κ1) is 38.2. The van der Waals surface area contributed by atoms with Crippen LogP contribution >= 0.6 is 11.6 Å². The van der Waals surface area contributed by atoms with Gasteiger partial charge in [0.25, 0.3) is 0 Å². The van der Waals surface area contributed by atoms with Crippen LogP contribution in [0.1, 0.15) is 72.1 Å². The highest BCUT2D eigenvalue weighted by molar-refractivity contribution is 6.32. The summed E-state index contributed by atoms with van der Waals surface area (Å²) >= 11 is 6.93. The van der Waals surface area contributed by atoms with Crippen molar-refractivity contribution in [2.75, 3.05) is 32.8 Å². The third-order valence-electron chi connectivity index (χ3n) is 10.6. The number of carbonyl (C=O) groups is 1. The second kappa shape index (κ2) is 16.7. The van der Waals surface area contributed by atoms with Gasteiger partial charge in [-0.25, -0.2) is 9.24 Å². The molecule has 2 heterocycles. The van der Waals surface area contributed by atoms with Gasteiger partial charge in [-0.3, -0.25) is 9.69 Å². The molecule has 2 saturated heterocycles. The molecule has 0 bridgehead atoms. The highest BCUT2D eigenvalue weighted by Crippen LogP contribution is 2.44. The number of halogens is 2. The molecule has 9 nitrogen and oxygen atoms in total. The first-order chi connectivity index (χ1) is 26.6. The molecule has 4 aromatic rings. The molecule has 0 unspecified atom stereocenters. The number of nitriles is 1. The summed E-state index contributed by atoms with van der Waals surface area (Å²) in [5, 5.41) is 16.4. The number of hydrogen-bond donors (Lipinski definition) is 2. The van der Waals surface area contributed by atoms with Gasteiger partial charge in [0.05, 0.1) is 24.3 Å². The van der Waals surface area contributed by atoms with Gasteiger partial charge in [-0.15, -0.1) is 0 Å². The van der Waals surface area contributed by atoms with Gasteiger partial charge in [0, 0.05) is 62.4 Å². The fraction of sp³-hybridized carbons (Fsp3) is 0.386. The van der Waals surface area contributed by atoms with E-state index in [0.29, 0.717) is 72.5 Å². The quantitative estimate of drug-likeness (QED) is 0.0982. The number of benzene rings is 4. The molecular formula is C44H45ClFN5O4. The molecule has 2 N–H and O–H groups in total. The topological polar surface area (TPSA) is 100 Å². The minimum atomic E-state index is -1.06. The van der Waals surface area contributed by atoms with E-state index < -0.39 is 5.67 Å². The van der Waals surface area contributed by atoms with E-state index in [9.17, 15) is 14.4 Å². The van der Waals surface area contributed by atoms with E-state index in [1.165, 1.54) is 5.56 Å². The minimum absolute atomic E-state index is 0.0568. The molecule has 1 amide bonds. The number of ether oxygens (including phenoxy) is 3. The van der Waals surface area contributed by atoms with Crippen LogP contribution < -0.4 is 24.8 Å². The van der Waals surface area contributed by atoms with Gasteiger partial charge in [0.1, 0.15) is 35.6 Å². The average Bonchev–Trinajstić information content (AvgIpc) is 3.59. The van der Waals surface area contributed by atoms with Crippen LogP contribution in [0.3, 0.4) is 0 Å². The molecule has 2 fully saturated rings. The van der Waals surface area contributed by atoms with E-state index in [1.807, 2.05) is 24.3 Å². The Labute approximate surface area is 327 Å². The monoisotopic (exact) mass is 761 g/mol. The van der Waals surface area contributed by atoms with Crippen molar-refractivity contribution in [1.82, 2.24) is 15.5 Å². The first-order valence-electron chi connectivity index (χ1n) is 18.9. The van der Waals surface area contributed by atoms with Gasteiger partial charge in [-0.2, -0.15) is 5.26 Å². The molecule has 0 aromatic heterocycles. The van der Waals surface area contributed by atoms with Crippen molar-refractivity contribution in [1.29, 1.82) is 5.26 Å². The predicted octanol–water partition coefficient (Wildman–Crippen LogP) is 8.56. The Kier molecular flexibility index (Phi) is 11.6. The lowest BCUT2D eigenvalue weighted by Crippen LogP contribution is -2.57. The number of nitrogens with one attached hydrogen (secondary N) is 2. The molecule has 0 spiro atoms. The van der Waals surface area contributed by atoms with Crippen LogP contribution in [-0.4, -0.2) is 55.3 Å². The van der Waals surface area contributed by atoms with Crippen LogP contribution in [0, 0.1) is 24.8 Å². The molecule has 284 valence electrons. The summed E-state index contributed by atoms with van der Waals surface area (Å²) in [6.45, 7) is 14.7. The maximum Gasteiger partial charge on any atom is 0.220 e. The van der Waals surface area contributed by atoms with E-state index in [1.54, 1.807) is 25.1 Å². The van der Waals surface area contributed by atoms with Gasteiger partial charge in [0.15, 0.2) is 5.69 Å². The van der Waals surface area contributed by atoms with Crippen LogP contribution in [-0.2, 0) is 24.4 Å². The molecular weight excluding hydrogens is 717 g/mol. The van der Waals surface area contributed by atoms with Crippen LogP contribution in [0.25, 0.3) is 16.0 Å². The van der Waals surface area contributed by atoms with Crippen molar-refractivity contribution in [2.45, 2.75) is 76.9 Å². The zero-order valence-corrected chi connectivity index (χ0v) is 32.0. The molecule has 2 aliphatic heterocycles. The molecule has 1 aliphatic carbocycles. The van der Waals surface area contributed by atoms with Gasteiger partial charge in [0.2, 0.25) is 5.91 Å². The Balaban J connectivity index is 1.08. The van der Waals surface area contributed by atoms with E-state index in [0.717, 1.165) is 65.8 Å². The number of amides is 1. The number of fused-ring (bicyclic) bond motifs is 1. The Morgan fingerprint density at radius 3 is 2.64 bits per heavy atom. The summed E-state index contributed by atoms with van der Waals surface area (Å²) in [5.74, 6) is 1.99. The van der Waals surface area contributed by atoms with Crippen molar-refractivity contribution in [2.24, 2.45) is 0 Å². The Morgan fingerprint density at radius 2 is 1.87 bits per heavy atom. The van der Waals surface area contributed by atoms with Crippen LogP contribution in [0.2, 0.25) is 5.02 Å². The fourth-order valence-corrected chi connectivity index (χ4v) is 8.10. The Bertz CT molecular complexity index is 2110. The maximum absolute atomic E-state index is 13.9. The van der Waals surface area contributed by atoms with Gasteiger partial charge < -0.3 is 24.8 Å². The Hall–Kier alpha value is -5.13. The van der Waals surface area contributed by atoms with E-state index >= 15 is 0 Å². The second-order valence-electron chi connectivity index (χ2n) is 15.0. The smallest absolute Gasteiger partial charge is 0.220 e. The average molecular weight is 762 g/mol. The Morgan fingerprint density at radius 1 is 1.05 bits per heavy atom. The highest BCUT2D eigenvalue weighted by atomic mass is 35.5. The molecule has 0 saturated carbocycles. The minimum Gasteiger partial charge on any atom is -0.493 e. The zero-order valence-electron chi connectivity index (χ0n) is 31.2. The highest BCUT2D eigenvalue weighted by Gasteiger charge is 2.38. The number of alkyl halides is 1. The fourth-order valence-electron chi connectivity index (χ4n) is 7.87. The number of piperidine rings is 1. The number of rotatable bonds is 14. The lowest BCUT2D eigenvalue weighted by Gasteiger charge is -2.42. The zero-order chi connectivity index (χ0) is 38.5. The van der Waals surface area contributed by atoms with Crippen LogP contribution in [0.5, 0.6) is 17.2 Å². The molecule has 7 rings (SSSR count). The lowest BCUT2D eigenvalue weighted by atomic mass is 9.93. The van der Waals surface area contributed by atoms with E-state index in [-0.39, 0.29) is 24.7 Å². The summed E-state index contributed by atoms with van der Waals surface area (Å²) in [6, 6.07) is 23.4. The summed E-state index contributed by atoms with van der Waals surface area (Å²) in [6.07, 6.45) is 3.43. The molecule has 0 radical (unpaired) electrons. The van der Waals surface area contributed by atoms with E-state index in [4.69, 9.17) is 32.4 Å². The maximum atomic E-state index is 13.9. The number of likely N-dealkylation sites (tertiary alicyclic amines) is 1. The van der Waals surface area contributed by atoms with Gasteiger partial charge >= 0.3 is 0 Å². The first-order valence-corrected chi connectivity index (χ1v) is 19.3. The standard InChI is InChI=1S/C44H45ClFN5O4/c1-28-34(7-5-10-39(28)53-16-6-15-51-26-44(2,46)27-51)35-8-4-9-37-36(35)12-13-40(37)55-42-21-41(54-25-30-17-29(22-47)18-33(19-30)48-3)31(20-38(42)45)23-49-32-11-14-43(52)50-24-32/h4-5,7-10,17-21,32,40,49H,6,11-16,23-27H2,1-2H3,(H,50,52)/t32-,40-/m0/s1. The van der Waals surface area contributed by atoms with Crippen molar-refractivity contribution >= 4 is 23.2 Å². The number of carbonyl (C=O) groups excluding carboxylic acids is 1. The normalized spacial score (nSPS) is 18.7.